The molecule has 0 aromatic heterocycles. The molecule has 6 nitrogen and oxygen atoms in total. The van der Waals surface area contributed by atoms with Crippen molar-refractivity contribution in [3.05, 3.63) is 36.5 Å². The summed E-state index contributed by atoms with van der Waals surface area (Å²) in [7, 11) is 0. The number of amides is 1. The van der Waals surface area contributed by atoms with Gasteiger partial charge in [0, 0.05) is 0 Å². The Kier molecular flexibility index (Phi) is 48.3. The minimum atomic E-state index is -1.29. The Hall–Kier alpha value is -1.47. The average molecular weight is 860 g/mol. The fourth-order valence-corrected chi connectivity index (χ4v) is 8.32. The van der Waals surface area contributed by atoms with E-state index in [1.54, 1.807) is 0 Å². The third-order valence-electron chi connectivity index (χ3n) is 12.6. The topological polar surface area (TPSA) is 110 Å². The van der Waals surface area contributed by atoms with E-state index in [0.717, 1.165) is 51.4 Å². The van der Waals surface area contributed by atoms with Crippen molar-refractivity contribution in [1.29, 1.82) is 0 Å². The predicted molar refractivity (Wildman–Crippen MR) is 265 cm³/mol. The Balaban J connectivity index is 3.73. The molecular weight excluding hydrogens is 755 g/mol. The molecule has 0 bridgehead atoms. The van der Waals surface area contributed by atoms with Crippen molar-refractivity contribution in [1.82, 2.24) is 5.32 Å². The zero-order chi connectivity index (χ0) is 44.5. The molecule has 0 aromatic rings. The van der Waals surface area contributed by atoms with Crippen molar-refractivity contribution in [2.24, 2.45) is 0 Å². The average Bonchev–Trinajstić information content (AvgIpc) is 3.26. The second-order valence-corrected chi connectivity index (χ2v) is 18.6. The van der Waals surface area contributed by atoms with Crippen LogP contribution in [0.15, 0.2) is 36.5 Å². The maximum absolute atomic E-state index is 12.6. The number of carbonyl (C=O) groups excluding carboxylic acids is 1. The minimum absolute atomic E-state index is 0.362. The number of aliphatic hydroxyl groups is 4. The van der Waals surface area contributed by atoms with E-state index in [2.05, 4.69) is 55.6 Å². The molecule has 4 atom stereocenters. The van der Waals surface area contributed by atoms with Gasteiger partial charge in [-0.1, -0.05) is 249 Å². The number of rotatable bonds is 49. The van der Waals surface area contributed by atoms with Crippen molar-refractivity contribution in [2.45, 2.75) is 301 Å². The zero-order valence-corrected chi connectivity index (χ0v) is 40.7. The lowest BCUT2D eigenvalue weighted by molar-refractivity contribution is -0.132. The molecule has 0 aliphatic carbocycles. The highest BCUT2D eigenvalue weighted by molar-refractivity contribution is 5.80. The quantitative estimate of drug-likeness (QED) is 0.0309. The summed E-state index contributed by atoms with van der Waals surface area (Å²) in [5.41, 5.74) is 0. The minimum Gasteiger partial charge on any atom is -0.394 e. The molecule has 0 aliphatic rings. The van der Waals surface area contributed by atoms with Crippen LogP contribution in [-0.2, 0) is 4.79 Å². The van der Waals surface area contributed by atoms with Crippen molar-refractivity contribution in [3.63, 3.8) is 0 Å². The molecule has 1 amide bonds. The van der Waals surface area contributed by atoms with Gasteiger partial charge in [0.15, 0.2) is 0 Å². The van der Waals surface area contributed by atoms with E-state index in [1.807, 2.05) is 0 Å². The molecule has 0 saturated heterocycles. The molecular formula is C55H105NO5. The van der Waals surface area contributed by atoms with Gasteiger partial charge in [0.05, 0.1) is 18.8 Å². The van der Waals surface area contributed by atoms with E-state index in [1.165, 1.54) is 193 Å². The van der Waals surface area contributed by atoms with Gasteiger partial charge < -0.3 is 25.7 Å². The van der Waals surface area contributed by atoms with Gasteiger partial charge in [-0.25, -0.2) is 0 Å². The molecule has 0 fully saturated rings. The molecule has 360 valence electrons. The van der Waals surface area contributed by atoms with E-state index >= 15 is 0 Å². The van der Waals surface area contributed by atoms with E-state index in [9.17, 15) is 25.2 Å². The summed E-state index contributed by atoms with van der Waals surface area (Å²) in [5.74, 6) is -0.596. The van der Waals surface area contributed by atoms with Gasteiger partial charge >= 0.3 is 0 Å². The molecule has 0 radical (unpaired) electrons. The Morgan fingerprint density at radius 1 is 0.393 bits per heavy atom. The van der Waals surface area contributed by atoms with Crippen LogP contribution in [0.2, 0.25) is 0 Å². The SMILES string of the molecule is CCCCCCCCCCCCCCC/C=C/CC/C=C/CC/C=C/CCCC(O)C(O)C(CO)NC(=O)C(O)CCCCCCCCCCCCCCCCCCCCC. The Morgan fingerprint density at radius 2 is 0.689 bits per heavy atom. The van der Waals surface area contributed by atoms with Gasteiger partial charge in [0.1, 0.15) is 12.2 Å². The van der Waals surface area contributed by atoms with Crippen molar-refractivity contribution < 1.29 is 25.2 Å². The second kappa shape index (κ2) is 49.5. The number of hydrogen-bond acceptors (Lipinski definition) is 5. The number of nitrogens with one attached hydrogen (secondary N) is 1. The van der Waals surface area contributed by atoms with Crippen LogP contribution in [-0.4, -0.2) is 57.3 Å². The second-order valence-electron chi connectivity index (χ2n) is 18.6. The molecule has 0 aromatic carbocycles. The van der Waals surface area contributed by atoms with E-state index in [4.69, 9.17) is 0 Å². The van der Waals surface area contributed by atoms with Crippen LogP contribution in [0, 0.1) is 0 Å². The van der Waals surface area contributed by atoms with Crippen LogP contribution in [0.5, 0.6) is 0 Å². The van der Waals surface area contributed by atoms with Gasteiger partial charge in [0.2, 0.25) is 5.91 Å². The molecule has 0 spiro atoms. The normalized spacial score (nSPS) is 14.1. The third-order valence-corrected chi connectivity index (χ3v) is 12.6. The summed E-state index contributed by atoms with van der Waals surface area (Å²) in [5, 5.41) is 43.9. The number of aliphatic hydroxyl groups excluding tert-OH is 4. The summed E-state index contributed by atoms with van der Waals surface area (Å²) < 4.78 is 0. The molecule has 6 heteroatoms. The Labute approximate surface area is 379 Å². The first-order chi connectivity index (χ1) is 30.0. The van der Waals surface area contributed by atoms with Gasteiger partial charge in [-0.15, -0.1) is 0 Å². The Bertz CT molecular complexity index is 966. The molecule has 5 N–H and O–H groups in total. The van der Waals surface area contributed by atoms with Crippen molar-refractivity contribution in [3.8, 4) is 0 Å². The summed E-state index contributed by atoms with van der Waals surface area (Å²) in [4.78, 5) is 12.6. The van der Waals surface area contributed by atoms with Crippen LogP contribution in [0.4, 0.5) is 0 Å². The van der Waals surface area contributed by atoms with E-state index < -0.39 is 36.9 Å². The third kappa shape index (κ3) is 43.6. The van der Waals surface area contributed by atoms with Crippen LogP contribution < -0.4 is 5.32 Å². The molecule has 0 saturated carbocycles. The summed E-state index contributed by atoms with van der Waals surface area (Å²) >= 11 is 0. The molecule has 0 aliphatic heterocycles. The highest BCUT2D eigenvalue weighted by atomic mass is 16.3. The van der Waals surface area contributed by atoms with Gasteiger partial charge in [-0.2, -0.15) is 0 Å². The highest BCUT2D eigenvalue weighted by Crippen LogP contribution is 2.17. The standard InChI is InChI=1S/C55H105NO5/c1-3-5-7-9-11-13-15-17-19-21-23-24-25-26-27-28-29-31-32-34-36-38-40-42-44-46-48-52(58)54(60)51(50-57)56-55(61)53(59)49-47-45-43-41-39-37-35-33-30-22-20-18-16-14-12-10-8-6-4-2/h27-28,32,34,40,42,51-54,57-60H,3-26,29-31,33,35-39,41,43-50H2,1-2H3,(H,56,61)/b28-27+,34-32+,42-40+. The monoisotopic (exact) mass is 860 g/mol. The smallest absolute Gasteiger partial charge is 0.249 e. The molecule has 0 heterocycles. The fraction of sp³-hybridized carbons (Fsp3) is 0.873. The number of carbonyl (C=O) groups is 1. The fourth-order valence-electron chi connectivity index (χ4n) is 8.32. The first-order valence-corrected chi connectivity index (χ1v) is 26.9. The Morgan fingerprint density at radius 3 is 1.03 bits per heavy atom. The van der Waals surface area contributed by atoms with Crippen LogP contribution in [0.25, 0.3) is 0 Å². The summed E-state index contributed by atoms with van der Waals surface area (Å²) in [6, 6.07) is -1.01. The van der Waals surface area contributed by atoms with Gasteiger partial charge in [0.25, 0.3) is 0 Å². The maximum Gasteiger partial charge on any atom is 0.249 e. The highest BCUT2D eigenvalue weighted by Gasteiger charge is 2.28. The van der Waals surface area contributed by atoms with Gasteiger partial charge in [-0.05, 0) is 64.2 Å². The number of allylic oxidation sites excluding steroid dienone is 6. The summed E-state index contributed by atoms with van der Waals surface area (Å²) in [6.45, 7) is 4.06. The van der Waals surface area contributed by atoms with Crippen molar-refractivity contribution >= 4 is 5.91 Å². The van der Waals surface area contributed by atoms with E-state index in [-0.39, 0.29) is 0 Å². The lowest BCUT2D eigenvalue weighted by Crippen LogP contribution is -2.53. The lowest BCUT2D eigenvalue weighted by atomic mass is 10.00. The molecule has 0 rings (SSSR count). The summed E-state index contributed by atoms with van der Waals surface area (Å²) in [6.07, 6.45) is 60.6. The van der Waals surface area contributed by atoms with Crippen molar-refractivity contribution in [2.75, 3.05) is 6.61 Å². The largest absolute Gasteiger partial charge is 0.394 e. The van der Waals surface area contributed by atoms with Crippen LogP contribution >= 0.6 is 0 Å². The maximum atomic E-state index is 12.6. The van der Waals surface area contributed by atoms with Crippen LogP contribution in [0.3, 0.4) is 0 Å². The first-order valence-electron chi connectivity index (χ1n) is 26.9. The molecule has 61 heavy (non-hydrogen) atoms. The molecule has 4 unspecified atom stereocenters. The first kappa shape index (κ1) is 59.5. The van der Waals surface area contributed by atoms with Gasteiger partial charge in [-0.3, -0.25) is 4.79 Å². The van der Waals surface area contributed by atoms with Crippen LogP contribution in [0.1, 0.15) is 277 Å². The zero-order valence-electron chi connectivity index (χ0n) is 40.7. The predicted octanol–water partition coefficient (Wildman–Crippen LogP) is 15.2. The lowest BCUT2D eigenvalue weighted by Gasteiger charge is -2.27. The number of hydrogen-bond donors (Lipinski definition) is 5. The number of unbranched alkanes of at least 4 members (excludes halogenated alkanes) is 34. The van der Waals surface area contributed by atoms with E-state index in [0.29, 0.717) is 19.3 Å².